The van der Waals surface area contributed by atoms with Crippen LogP contribution in [0.4, 0.5) is 0 Å². The molecule has 3 nitrogen and oxygen atoms in total. The van der Waals surface area contributed by atoms with E-state index in [2.05, 4.69) is 55.0 Å². The second kappa shape index (κ2) is 7.25. The van der Waals surface area contributed by atoms with Gasteiger partial charge in [-0.2, -0.15) is 5.10 Å². The highest BCUT2D eigenvalue weighted by Gasteiger charge is 2.15. The van der Waals surface area contributed by atoms with Crippen molar-refractivity contribution in [3.63, 3.8) is 0 Å². The molecule has 1 heterocycles. The van der Waals surface area contributed by atoms with Gasteiger partial charge >= 0.3 is 0 Å². The summed E-state index contributed by atoms with van der Waals surface area (Å²) in [5.74, 6) is 0. The average molecular weight is 271 g/mol. The van der Waals surface area contributed by atoms with Crippen molar-refractivity contribution in [3.8, 4) is 5.69 Å². The fraction of sp³-hybridized carbons (Fsp3) is 0.471. The summed E-state index contributed by atoms with van der Waals surface area (Å²) in [7, 11) is 0. The summed E-state index contributed by atoms with van der Waals surface area (Å²) >= 11 is 0. The molecule has 0 spiro atoms. The number of benzene rings is 1. The van der Waals surface area contributed by atoms with E-state index in [0.29, 0.717) is 0 Å². The first kappa shape index (κ1) is 14.8. The van der Waals surface area contributed by atoms with Crippen molar-refractivity contribution in [1.29, 1.82) is 0 Å². The van der Waals surface area contributed by atoms with Crippen LogP contribution < -0.4 is 5.32 Å². The normalized spacial score (nSPS) is 10.9. The van der Waals surface area contributed by atoms with Crippen LogP contribution in [0.5, 0.6) is 0 Å². The van der Waals surface area contributed by atoms with E-state index in [1.54, 1.807) is 0 Å². The van der Waals surface area contributed by atoms with Gasteiger partial charge in [-0.3, -0.25) is 0 Å². The minimum atomic E-state index is 0.924. The molecule has 0 saturated heterocycles. The van der Waals surface area contributed by atoms with Crippen molar-refractivity contribution in [2.45, 2.75) is 46.6 Å². The number of hydrogen-bond acceptors (Lipinski definition) is 2. The zero-order chi connectivity index (χ0) is 14.4. The molecular weight excluding hydrogens is 246 g/mol. The van der Waals surface area contributed by atoms with E-state index >= 15 is 0 Å². The summed E-state index contributed by atoms with van der Waals surface area (Å²) in [5, 5.41) is 8.34. The van der Waals surface area contributed by atoms with E-state index < -0.39 is 0 Å². The number of para-hydroxylation sites is 1. The van der Waals surface area contributed by atoms with Gasteiger partial charge < -0.3 is 5.32 Å². The molecule has 0 bridgehead atoms. The van der Waals surface area contributed by atoms with E-state index in [1.807, 2.05) is 6.07 Å². The summed E-state index contributed by atoms with van der Waals surface area (Å²) in [6, 6.07) is 10.4. The standard InChI is InChI=1S/C17H25N3/c1-4-12-18-13-15-16(5-2)19-20(17(15)6-3)14-10-8-7-9-11-14/h7-11,18H,4-6,12-13H2,1-3H3. The minimum Gasteiger partial charge on any atom is -0.313 e. The maximum Gasteiger partial charge on any atom is 0.0674 e. The van der Waals surface area contributed by atoms with E-state index in [-0.39, 0.29) is 0 Å². The minimum absolute atomic E-state index is 0.924. The Morgan fingerprint density at radius 2 is 1.80 bits per heavy atom. The molecule has 0 aliphatic rings. The van der Waals surface area contributed by atoms with Gasteiger partial charge in [0.05, 0.1) is 11.4 Å². The molecule has 0 aliphatic heterocycles. The second-order valence-corrected chi connectivity index (χ2v) is 5.00. The largest absolute Gasteiger partial charge is 0.313 e. The van der Waals surface area contributed by atoms with Crippen LogP contribution in [0.3, 0.4) is 0 Å². The Hall–Kier alpha value is -1.61. The van der Waals surface area contributed by atoms with Gasteiger partial charge in [0.15, 0.2) is 0 Å². The molecule has 1 aromatic carbocycles. The van der Waals surface area contributed by atoms with E-state index in [1.165, 1.54) is 17.0 Å². The summed E-state index contributed by atoms with van der Waals surface area (Å²) in [4.78, 5) is 0. The van der Waals surface area contributed by atoms with Crippen LogP contribution in [0.2, 0.25) is 0 Å². The highest BCUT2D eigenvalue weighted by Crippen LogP contribution is 2.20. The van der Waals surface area contributed by atoms with E-state index in [4.69, 9.17) is 5.10 Å². The molecule has 108 valence electrons. The van der Waals surface area contributed by atoms with Crippen LogP contribution in [-0.4, -0.2) is 16.3 Å². The fourth-order valence-electron chi connectivity index (χ4n) is 2.56. The predicted octanol–water partition coefficient (Wildman–Crippen LogP) is 3.50. The Labute approximate surface area is 122 Å². The number of nitrogens with one attached hydrogen (secondary N) is 1. The monoisotopic (exact) mass is 271 g/mol. The number of hydrogen-bond donors (Lipinski definition) is 1. The van der Waals surface area contributed by atoms with E-state index in [9.17, 15) is 0 Å². The van der Waals surface area contributed by atoms with Crippen LogP contribution in [0.15, 0.2) is 30.3 Å². The van der Waals surface area contributed by atoms with Gasteiger partial charge in [-0.1, -0.05) is 39.0 Å². The lowest BCUT2D eigenvalue weighted by Gasteiger charge is -2.08. The number of rotatable bonds is 7. The van der Waals surface area contributed by atoms with Crippen LogP contribution in [-0.2, 0) is 19.4 Å². The van der Waals surface area contributed by atoms with Crippen LogP contribution in [0.25, 0.3) is 5.69 Å². The quantitative estimate of drug-likeness (QED) is 0.781. The molecule has 0 amide bonds. The number of aromatic nitrogens is 2. The Kier molecular flexibility index (Phi) is 5.36. The Balaban J connectivity index is 2.38. The molecule has 0 aliphatic carbocycles. The molecule has 2 aromatic rings. The molecule has 0 saturated carbocycles. The molecular formula is C17H25N3. The van der Waals surface area contributed by atoms with Crippen molar-refractivity contribution in [2.75, 3.05) is 6.54 Å². The molecule has 0 fully saturated rings. The maximum atomic E-state index is 4.83. The molecule has 20 heavy (non-hydrogen) atoms. The van der Waals surface area contributed by atoms with Crippen LogP contribution >= 0.6 is 0 Å². The van der Waals surface area contributed by atoms with Gasteiger partial charge in [0, 0.05) is 17.8 Å². The Morgan fingerprint density at radius 1 is 1.05 bits per heavy atom. The van der Waals surface area contributed by atoms with Crippen molar-refractivity contribution in [2.24, 2.45) is 0 Å². The third kappa shape index (κ3) is 3.10. The van der Waals surface area contributed by atoms with Gasteiger partial charge in [0.25, 0.3) is 0 Å². The molecule has 0 radical (unpaired) electrons. The van der Waals surface area contributed by atoms with Crippen LogP contribution in [0, 0.1) is 0 Å². The topological polar surface area (TPSA) is 29.9 Å². The lowest BCUT2D eigenvalue weighted by atomic mass is 10.1. The number of nitrogens with zero attached hydrogens (tertiary/aromatic N) is 2. The van der Waals surface area contributed by atoms with Crippen molar-refractivity contribution >= 4 is 0 Å². The number of aryl methyl sites for hydroxylation is 1. The Bertz CT molecular complexity index is 529. The third-order valence-corrected chi connectivity index (χ3v) is 3.57. The first-order valence-electron chi connectivity index (χ1n) is 7.67. The Morgan fingerprint density at radius 3 is 2.40 bits per heavy atom. The average Bonchev–Trinajstić information content (AvgIpc) is 2.86. The lowest BCUT2D eigenvalue weighted by molar-refractivity contribution is 0.666. The summed E-state index contributed by atoms with van der Waals surface area (Å²) in [6.45, 7) is 8.57. The SMILES string of the molecule is CCCNCc1c(CC)nn(-c2ccccc2)c1CC. The highest BCUT2D eigenvalue weighted by atomic mass is 15.3. The van der Waals surface area contributed by atoms with E-state index in [0.717, 1.165) is 38.0 Å². The molecule has 3 heteroatoms. The maximum absolute atomic E-state index is 4.83. The second-order valence-electron chi connectivity index (χ2n) is 5.00. The summed E-state index contributed by atoms with van der Waals surface area (Å²) in [5.41, 5.74) is 5.08. The van der Waals surface area contributed by atoms with Crippen molar-refractivity contribution in [1.82, 2.24) is 15.1 Å². The smallest absolute Gasteiger partial charge is 0.0674 e. The first-order chi connectivity index (χ1) is 9.81. The predicted molar refractivity (Wildman–Crippen MR) is 84.3 cm³/mol. The highest BCUT2D eigenvalue weighted by molar-refractivity contribution is 5.37. The lowest BCUT2D eigenvalue weighted by Crippen LogP contribution is -2.16. The molecule has 1 aromatic heterocycles. The summed E-state index contributed by atoms with van der Waals surface area (Å²) < 4.78 is 2.11. The van der Waals surface area contributed by atoms with Gasteiger partial charge in [-0.25, -0.2) is 4.68 Å². The third-order valence-electron chi connectivity index (χ3n) is 3.57. The molecule has 0 unspecified atom stereocenters. The van der Waals surface area contributed by atoms with Crippen molar-refractivity contribution in [3.05, 3.63) is 47.3 Å². The van der Waals surface area contributed by atoms with Gasteiger partial charge in [0.2, 0.25) is 0 Å². The van der Waals surface area contributed by atoms with Crippen molar-refractivity contribution < 1.29 is 0 Å². The zero-order valence-electron chi connectivity index (χ0n) is 12.8. The van der Waals surface area contributed by atoms with Gasteiger partial charge in [-0.05, 0) is 37.9 Å². The molecule has 0 atom stereocenters. The fourth-order valence-corrected chi connectivity index (χ4v) is 2.56. The molecule has 2 rings (SSSR count). The van der Waals surface area contributed by atoms with Gasteiger partial charge in [-0.15, -0.1) is 0 Å². The first-order valence-corrected chi connectivity index (χ1v) is 7.67. The van der Waals surface area contributed by atoms with Gasteiger partial charge in [0.1, 0.15) is 0 Å². The van der Waals surface area contributed by atoms with Crippen LogP contribution in [0.1, 0.15) is 44.1 Å². The molecule has 1 N–H and O–H groups in total. The summed E-state index contributed by atoms with van der Waals surface area (Å²) in [6.07, 6.45) is 3.15. The zero-order valence-corrected chi connectivity index (χ0v) is 12.8.